The smallest absolute Gasteiger partial charge is 0.271 e. The molecule has 1 aliphatic rings. The minimum Gasteiger partial charge on any atom is -0.495 e. The van der Waals surface area contributed by atoms with Gasteiger partial charge in [-0.3, -0.25) is 4.72 Å². The number of thiophene rings is 1. The molecule has 1 saturated heterocycles. The highest BCUT2D eigenvalue weighted by Crippen LogP contribution is 2.36. The molecular formula is C23H25F2N3O3S2. The zero-order chi connectivity index (χ0) is 23.8. The van der Waals surface area contributed by atoms with Crippen molar-refractivity contribution in [2.75, 3.05) is 29.8 Å². The van der Waals surface area contributed by atoms with E-state index in [4.69, 9.17) is 4.74 Å². The fourth-order valence-corrected chi connectivity index (χ4v) is 6.41. The van der Waals surface area contributed by atoms with Gasteiger partial charge in [-0.1, -0.05) is 0 Å². The largest absolute Gasteiger partial charge is 0.495 e. The van der Waals surface area contributed by atoms with Gasteiger partial charge >= 0.3 is 0 Å². The number of anilines is 2. The lowest BCUT2D eigenvalue weighted by atomic mass is 10.1. The van der Waals surface area contributed by atoms with E-state index in [0.717, 1.165) is 42.2 Å². The second kappa shape index (κ2) is 9.28. The molecule has 2 aromatic carbocycles. The molecule has 0 unspecified atom stereocenters. The predicted octanol–water partition coefficient (Wildman–Crippen LogP) is 4.69. The van der Waals surface area contributed by atoms with E-state index in [0.29, 0.717) is 16.3 Å². The number of ether oxygens (including phenoxy) is 1. The Hall–Kier alpha value is -2.69. The summed E-state index contributed by atoms with van der Waals surface area (Å²) >= 11 is 0.916. The Bertz CT molecular complexity index is 1250. The number of methoxy groups -OCH3 is 1. The molecule has 1 aliphatic heterocycles. The van der Waals surface area contributed by atoms with Gasteiger partial charge in [-0.15, -0.1) is 11.3 Å². The van der Waals surface area contributed by atoms with Crippen LogP contribution in [0.25, 0.3) is 10.4 Å². The summed E-state index contributed by atoms with van der Waals surface area (Å²) in [7, 11) is -2.33. The monoisotopic (exact) mass is 493 g/mol. The molecule has 10 heteroatoms. The number of benzene rings is 2. The molecule has 0 spiro atoms. The first-order valence-electron chi connectivity index (χ1n) is 10.4. The van der Waals surface area contributed by atoms with E-state index in [2.05, 4.69) is 28.8 Å². The molecule has 3 aromatic rings. The molecule has 1 fully saturated rings. The zero-order valence-electron chi connectivity index (χ0n) is 18.4. The average molecular weight is 494 g/mol. The van der Waals surface area contributed by atoms with Gasteiger partial charge in [0.2, 0.25) is 0 Å². The van der Waals surface area contributed by atoms with E-state index in [-0.39, 0.29) is 21.9 Å². The molecule has 2 heterocycles. The molecule has 1 aromatic heterocycles. The van der Waals surface area contributed by atoms with Gasteiger partial charge in [0.15, 0.2) is 0 Å². The predicted molar refractivity (Wildman–Crippen MR) is 128 cm³/mol. The number of rotatable bonds is 6. The standard InChI is InChI=1S/C23H25F2N3O3S2/c1-14-12-28(13-15(2)26-14)20-11-17(5-7-21(20)31-3)27-33(29,30)23-9-8-22(32-23)18-6-4-16(24)10-19(18)25/h4-11,14-15,26-27H,12-13H2,1-3H3/t14-,15+. The lowest BCUT2D eigenvalue weighted by Crippen LogP contribution is -2.54. The van der Waals surface area contributed by atoms with Crippen LogP contribution in [0.4, 0.5) is 20.2 Å². The van der Waals surface area contributed by atoms with Crippen molar-refractivity contribution in [2.45, 2.75) is 30.1 Å². The molecule has 6 nitrogen and oxygen atoms in total. The highest BCUT2D eigenvalue weighted by Gasteiger charge is 2.25. The Morgan fingerprint density at radius 1 is 1.06 bits per heavy atom. The fraction of sp³-hybridized carbons (Fsp3) is 0.304. The average Bonchev–Trinajstić information content (AvgIpc) is 3.24. The number of sulfonamides is 1. The summed E-state index contributed by atoms with van der Waals surface area (Å²) in [6, 6.07) is 11.8. The third kappa shape index (κ3) is 5.13. The first-order chi connectivity index (χ1) is 15.7. The summed E-state index contributed by atoms with van der Waals surface area (Å²) in [6.07, 6.45) is 0. The van der Waals surface area contributed by atoms with Gasteiger partial charge in [0.05, 0.1) is 18.5 Å². The van der Waals surface area contributed by atoms with Gasteiger partial charge < -0.3 is 15.0 Å². The van der Waals surface area contributed by atoms with E-state index < -0.39 is 21.7 Å². The van der Waals surface area contributed by atoms with E-state index in [1.54, 1.807) is 25.3 Å². The number of halogens is 2. The van der Waals surface area contributed by atoms with Crippen molar-refractivity contribution >= 4 is 32.7 Å². The lowest BCUT2D eigenvalue weighted by Gasteiger charge is -2.38. The molecular weight excluding hydrogens is 468 g/mol. The van der Waals surface area contributed by atoms with Crippen molar-refractivity contribution in [3.63, 3.8) is 0 Å². The van der Waals surface area contributed by atoms with E-state index in [9.17, 15) is 17.2 Å². The molecule has 0 amide bonds. The summed E-state index contributed by atoms with van der Waals surface area (Å²) < 4.78 is 61.5. The third-order valence-electron chi connectivity index (χ3n) is 5.37. The quantitative estimate of drug-likeness (QED) is 0.521. The molecule has 176 valence electrons. The maximum atomic E-state index is 14.1. The van der Waals surface area contributed by atoms with Crippen molar-refractivity contribution < 1.29 is 21.9 Å². The topological polar surface area (TPSA) is 70.7 Å². The van der Waals surface area contributed by atoms with Crippen LogP contribution in [0.3, 0.4) is 0 Å². The summed E-state index contributed by atoms with van der Waals surface area (Å²) in [4.78, 5) is 2.57. The maximum Gasteiger partial charge on any atom is 0.271 e. The molecule has 2 atom stereocenters. The Morgan fingerprint density at radius 2 is 1.79 bits per heavy atom. The number of hydrogen-bond donors (Lipinski definition) is 2. The molecule has 0 radical (unpaired) electrons. The number of piperazine rings is 1. The summed E-state index contributed by atoms with van der Waals surface area (Å²) in [5, 5.41) is 3.47. The van der Waals surface area contributed by atoms with Gasteiger partial charge in [0, 0.05) is 41.7 Å². The van der Waals surface area contributed by atoms with Crippen LogP contribution < -0.4 is 19.7 Å². The van der Waals surface area contributed by atoms with Gasteiger partial charge in [-0.05, 0) is 56.3 Å². The van der Waals surface area contributed by atoms with Crippen molar-refractivity contribution in [1.29, 1.82) is 0 Å². The van der Waals surface area contributed by atoms with Crippen LogP contribution in [0.15, 0.2) is 52.7 Å². The Kier molecular flexibility index (Phi) is 6.60. The van der Waals surface area contributed by atoms with Gasteiger partial charge in [-0.2, -0.15) is 0 Å². The first kappa shape index (κ1) is 23.5. The highest BCUT2D eigenvalue weighted by molar-refractivity contribution is 7.94. The van der Waals surface area contributed by atoms with Crippen LogP contribution in [0, 0.1) is 11.6 Å². The molecule has 2 N–H and O–H groups in total. The van der Waals surface area contributed by atoms with E-state index in [1.165, 1.54) is 18.2 Å². The van der Waals surface area contributed by atoms with Crippen LogP contribution in [-0.4, -0.2) is 40.7 Å². The maximum absolute atomic E-state index is 14.1. The van der Waals surface area contributed by atoms with Gasteiger partial charge in [-0.25, -0.2) is 17.2 Å². The van der Waals surface area contributed by atoms with Crippen molar-refractivity contribution in [2.24, 2.45) is 0 Å². The van der Waals surface area contributed by atoms with Crippen LogP contribution in [0.5, 0.6) is 5.75 Å². The third-order valence-corrected chi connectivity index (χ3v) is 8.36. The highest BCUT2D eigenvalue weighted by atomic mass is 32.2. The Labute approximate surface area is 196 Å². The van der Waals surface area contributed by atoms with Crippen molar-refractivity contribution in [3.8, 4) is 16.2 Å². The molecule has 0 aliphatic carbocycles. The summed E-state index contributed by atoms with van der Waals surface area (Å²) in [5.74, 6) is -0.775. The fourth-order valence-electron chi connectivity index (χ4n) is 4.03. The Balaban J connectivity index is 1.60. The van der Waals surface area contributed by atoms with Gasteiger partial charge in [0.25, 0.3) is 10.0 Å². The molecule has 0 saturated carbocycles. The lowest BCUT2D eigenvalue weighted by molar-refractivity contribution is 0.391. The zero-order valence-corrected chi connectivity index (χ0v) is 20.1. The molecule has 33 heavy (non-hydrogen) atoms. The van der Waals surface area contributed by atoms with Crippen LogP contribution in [0.1, 0.15) is 13.8 Å². The molecule has 0 bridgehead atoms. The second-order valence-corrected chi connectivity index (χ2v) is 11.1. The number of nitrogens with one attached hydrogen (secondary N) is 2. The van der Waals surface area contributed by atoms with Crippen molar-refractivity contribution in [1.82, 2.24) is 5.32 Å². The van der Waals surface area contributed by atoms with Crippen LogP contribution in [0.2, 0.25) is 0 Å². The minimum absolute atomic E-state index is 0.0306. The van der Waals surface area contributed by atoms with Crippen molar-refractivity contribution in [3.05, 3.63) is 60.2 Å². The van der Waals surface area contributed by atoms with E-state index in [1.807, 2.05) is 0 Å². The molecule has 4 rings (SSSR count). The van der Waals surface area contributed by atoms with E-state index >= 15 is 0 Å². The first-order valence-corrected chi connectivity index (χ1v) is 12.7. The Morgan fingerprint density at radius 3 is 2.45 bits per heavy atom. The number of nitrogens with zero attached hydrogens (tertiary/aromatic N) is 1. The number of hydrogen-bond acceptors (Lipinski definition) is 6. The van der Waals surface area contributed by atoms with Gasteiger partial charge in [0.1, 0.15) is 21.6 Å². The summed E-state index contributed by atoms with van der Waals surface area (Å²) in [6.45, 7) is 5.71. The SMILES string of the molecule is COc1ccc(NS(=O)(=O)c2ccc(-c3ccc(F)cc3F)s2)cc1N1C[C@@H](C)N[C@@H](C)C1. The van der Waals surface area contributed by atoms with Crippen LogP contribution >= 0.6 is 11.3 Å². The van der Waals surface area contributed by atoms with Crippen LogP contribution in [-0.2, 0) is 10.0 Å². The second-order valence-electron chi connectivity index (χ2n) is 8.11. The minimum atomic E-state index is -3.91. The normalized spacial score (nSPS) is 18.9. The summed E-state index contributed by atoms with van der Waals surface area (Å²) in [5.41, 5.74) is 1.35.